The van der Waals surface area contributed by atoms with Crippen LogP contribution in [-0.2, 0) is 32.0 Å². The van der Waals surface area contributed by atoms with Gasteiger partial charge in [-0.25, -0.2) is 0 Å². The SMILES string of the molecule is CC(CC(=O)Oc1ccccc1)(CC(=O)C1CCC(C2Cc3ccccc3CC2=O)CC1)C(=O)C1CCC(C2CCCCC2)CC1. The topological polar surface area (TPSA) is 77.5 Å². The third-order valence-electron chi connectivity index (χ3n) is 12.3. The van der Waals surface area contributed by atoms with Crippen molar-refractivity contribution in [1.82, 2.24) is 0 Å². The van der Waals surface area contributed by atoms with Crippen molar-refractivity contribution in [3.8, 4) is 5.75 Å². The molecule has 2 aromatic carbocycles. The number of ketones is 3. The molecule has 0 spiro atoms. The zero-order valence-corrected chi connectivity index (χ0v) is 27.7. The van der Waals surface area contributed by atoms with Crippen LogP contribution >= 0.6 is 0 Å². The number of rotatable bonds is 10. The van der Waals surface area contributed by atoms with Gasteiger partial charge in [-0.3, -0.25) is 19.2 Å². The van der Waals surface area contributed by atoms with Gasteiger partial charge in [0.15, 0.2) is 0 Å². The van der Waals surface area contributed by atoms with E-state index in [9.17, 15) is 19.2 Å². The highest BCUT2D eigenvalue weighted by Crippen LogP contribution is 2.45. The first-order valence-electron chi connectivity index (χ1n) is 18.2. The Bertz CT molecular complexity index is 1370. The number of Topliss-reactive ketones (excluding diaryl/α,β-unsaturated/α-hetero) is 3. The van der Waals surface area contributed by atoms with E-state index in [1.54, 1.807) is 12.1 Å². The molecule has 5 nitrogen and oxygen atoms in total. The summed E-state index contributed by atoms with van der Waals surface area (Å²) in [6.45, 7) is 1.84. The summed E-state index contributed by atoms with van der Waals surface area (Å²) in [6, 6.07) is 17.2. The van der Waals surface area contributed by atoms with Crippen molar-refractivity contribution in [2.75, 3.05) is 0 Å². The molecule has 0 heterocycles. The summed E-state index contributed by atoms with van der Waals surface area (Å²) in [7, 11) is 0. The average molecular weight is 625 g/mol. The molecule has 0 saturated heterocycles. The fraction of sp³-hybridized carbons (Fsp3) is 0.610. The summed E-state index contributed by atoms with van der Waals surface area (Å²) in [5.74, 6) is 2.14. The van der Waals surface area contributed by atoms with E-state index >= 15 is 0 Å². The van der Waals surface area contributed by atoms with Gasteiger partial charge in [0, 0.05) is 36.0 Å². The molecule has 0 bridgehead atoms. The molecule has 46 heavy (non-hydrogen) atoms. The standard InChI is InChI=1S/C41H52O5/c1-41(27-39(44)46-35-14-6-3-7-15-35,40(45)32-22-16-29(17-23-32)28-10-4-2-5-11-28)26-38(43)31-20-18-30(19-21-31)36-24-33-12-8-9-13-34(33)25-37(36)42/h3,6-9,12-15,28-32,36H,2,4-5,10-11,16-27H2,1H3. The van der Waals surface area contributed by atoms with E-state index in [0.717, 1.165) is 69.3 Å². The summed E-state index contributed by atoms with van der Waals surface area (Å²) < 4.78 is 5.65. The maximum Gasteiger partial charge on any atom is 0.312 e. The fourth-order valence-corrected chi connectivity index (χ4v) is 9.56. The summed E-state index contributed by atoms with van der Waals surface area (Å²) in [6.07, 6.45) is 15.1. The predicted molar refractivity (Wildman–Crippen MR) is 179 cm³/mol. The molecule has 0 amide bonds. The van der Waals surface area contributed by atoms with Crippen molar-refractivity contribution < 1.29 is 23.9 Å². The van der Waals surface area contributed by atoms with Crippen molar-refractivity contribution >= 4 is 23.3 Å². The van der Waals surface area contributed by atoms with Crippen molar-refractivity contribution in [2.45, 2.75) is 116 Å². The minimum Gasteiger partial charge on any atom is -0.427 e. The van der Waals surface area contributed by atoms with Crippen molar-refractivity contribution in [2.24, 2.45) is 40.9 Å². The molecule has 246 valence electrons. The lowest BCUT2D eigenvalue weighted by Gasteiger charge is -2.39. The van der Waals surface area contributed by atoms with Gasteiger partial charge in [-0.15, -0.1) is 0 Å². The number of esters is 1. The van der Waals surface area contributed by atoms with Crippen LogP contribution in [0.3, 0.4) is 0 Å². The van der Waals surface area contributed by atoms with Gasteiger partial charge in [-0.05, 0) is 98.8 Å². The Labute approximate surface area is 275 Å². The van der Waals surface area contributed by atoms with Gasteiger partial charge in [0.1, 0.15) is 23.1 Å². The lowest BCUT2D eigenvalue weighted by atomic mass is 9.64. The van der Waals surface area contributed by atoms with Gasteiger partial charge >= 0.3 is 5.97 Å². The van der Waals surface area contributed by atoms with E-state index < -0.39 is 11.4 Å². The molecule has 0 aliphatic heterocycles. The molecule has 5 heteroatoms. The summed E-state index contributed by atoms with van der Waals surface area (Å²) in [5, 5.41) is 0. The first-order valence-corrected chi connectivity index (χ1v) is 18.2. The van der Waals surface area contributed by atoms with Crippen LogP contribution in [0.4, 0.5) is 0 Å². The molecule has 2 aromatic rings. The third kappa shape index (κ3) is 7.72. The maximum atomic E-state index is 14.3. The first-order chi connectivity index (χ1) is 22.3. The van der Waals surface area contributed by atoms with Gasteiger partial charge < -0.3 is 4.74 Å². The fourth-order valence-electron chi connectivity index (χ4n) is 9.56. The van der Waals surface area contributed by atoms with Gasteiger partial charge in [0.25, 0.3) is 0 Å². The lowest BCUT2D eigenvalue weighted by molar-refractivity contribution is -0.146. The number of carbonyl (C=O) groups is 4. The van der Waals surface area contributed by atoms with Crippen LogP contribution in [0.15, 0.2) is 54.6 Å². The number of hydrogen-bond donors (Lipinski definition) is 0. The van der Waals surface area contributed by atoms with E-state index in [1.165, 1.54) is 37.7 Å². The van der Waals surface area contributed by atoms with E-state index in [4.69, 9.17) is 4.74 Å². The molecule has 3 saturated carbocycles. The predicted octanol–water partition coefficient (Wildman–Crippen LogP) is 8.69. The Morgan fingerprint density at radius 3 is 1.96 bits per heavy atom. The Kier molecular flexibility index (Phi) is 10.6. The number of carbonyl (C=O) groups excluding carboxylic acids is 4. The second-order valence-corrected chi connectivity index (χ2v) is 15.4. The Balaban J connectivity index is 1.09. The minimum absolute atomic E-state index is 0.0364. The average Bonchev–Trinajstić information content (AvgIpc) is 3.08. The normalized spacial score (nSPS) is 28.5. The molecule has 6 rings (SSSR count). The molecule has 4 aliphatic carbocycles. The van der Waals surface area contributed by atoms with Crippen LogP contribution in [0.25, 0.3) is 0 Å². The summed E-state index contributed by atoms with van der Waals surface area (Å²) in [5.41, 5.74) is 1.37. The zero-order valence-electron chi connectivity index (χ0n) is 27.7. The van der Waals surface area contributed by atoms with Crippen LogP contribution < -0.4 is 4.74 Å². The number of benzene rings is 2. The molecule has 3 fully saturated rings. The molecule has 0 aromatic heterocycles. The number of fused-ring (bicyclic) bond motifs is 1. The first kappa shape index (κ1) is 32.8. The molecular weight excluding hydrogens is 572 g/mol. The van der Waals surface area contributed by atoms with Crippen molar-refractivity contribution in [1.29, 1.82) is 0 Å². The minimum atomic E-state index is -1.08. The Hall–Kier alpha value is -3.08. The van der Waals surface area contributed by atoms with E-state index in [1.807, 2.05) is 31.2 Å². The van der Waals surface area contributed by atoms with Gasteiger partial charge in [-0.2, -0.15) is 0 Å². The summed E-state index contributed by atoms with van der Waals surface area (Å²) >= 11 is 0. The van der Waals surface area contributed by atoms with Crippen LogP contribution in [0.1, 0.15) is 114 Å². The lowest BCUT2D eigenvalue weighted by Crippen LogP contribution is -2.41. The zero-order chi connectivity index (χ0) is 32.1. The Morgan fingerprint density at radius 1 is 0.674 bits per heavy atom. The summed E-state index contributed by atoms with van der Waals surface area (Å²) in [4.78, 5) is 54.6. The Morgan fingerprint density at radius 2 is 1.26 bits per heavy atom. The van der Waals surface area contributed by atoms with Crippen LogP contribution in [-0.4, -0.2) is 23.3 Å². The number of hydrogen-bond acceptors (Lipinski definition) is 5. The monoisotopic (exact) mass is 624 g/mol. The third-order valence-corrected chi connectivity index (χ3v) is 12.3. The number of para-hydroxylation sites is 1. The van der Waals surface area contributed by atoms with Gasteiger partial charge in [-0.1, -0.05) is 81.5 Å². The van der Waals surface area contributed by atoms with E-state index in [2.05, 4.69) is 18.2 Å². The van der Waals surface area contributed by atoms with E-state index in [-0.39, 0.29) is 42.2 Å². The number of ether oxygens (including phenoxy) is 1. The molecule has 0 radical (unpaired) electrons. The van der Waals surface area contributed by atoms with Crippen LogP contribution in [0.5, 0.6) is 5.75 Å². The molecular formula is C41H52O5. The van der Waals surface area contributed by atoms with E-state index in [0.29, 0.717) is 29.8 Å². The smallest absolute Gasteiger partial charge is 0.312 e. The van der Waals surface area contributed by atoms with Crippen molar-refractivity contribution in [3.05, 3.63) is 65.7 Å². The van der Waals surface area contributed by atoms with Gasteiger partial charge in [0.2, 0.25) is 0 Å². The molecule has 2 unspecified atom stereocenters. The largest absolute Gasteiger partial charge is 0.427 e. The second kappa shape index (κ2) is 14.8. The highest BCUT2D eigenvalue weighted by Gasteiger charge is 2.45. The maximum absolute atomic E-state index is 14.3. The highest BCUT2D eigenvalue weighted by molar-refractivity contribution is 5.95. The van der Waals surface area contributed by atoms with Gasteiger partial charge in [0.05, 0.1) is 6.42 Å². The van der Waals surface area contributed by atoms with Crippen LogP contribution in [0, 0.1) is 40.9 Å². The molecule has 4 aliphatic rings. The highest BCUT2D eigenvalue weighted by atomic mass is 16.5. The molecule has 2 atom stereocenters. The second-order valence-electron chi connectivity index (χ2n) is 15.4. The quantitative estimate of drug-likeness (QED) is 0.195. The molecule has 0 N–H and O–H groups in total. The van der Waals surface area contributed by atoms with Crippen LogP contribution in [0.2, 0.25) is 0 Å². The van der Waals surface area contributed by atoms with Crippen molar-refractivity contribution in [3.63, 3.8) is 0 Å².